The Morgan fingerprint density at radius 1 is 0.710 bits per heavy atom. The molecule has 0 unspecified atom stereocenters. The lowest BCUT2D eigenvalue weighted by Crippen LogP contribution is -2.67. The van der Waals surface area contributed by atoms with Gasteiger partial charge in [-0.3, -0.25) is 4.79 Å². The van der Waals surface area contributed by atoms with Crippen LogP contribution in [0.3, 0.4) is 0 Å². The number of fused-ring (bicyclic) bond motifs is 7. The Bertz CT molecular complexity index is 766. The molecular weight excluding hydrogens is 376 g/mol. The fraction of sp³-hybridized carbons (Fsp3) is 0.967. The number of ketones is 1. The highest BCUT2D eigenvalue weighted by molar-refractivity contribution is 5.85. The van der Waals surface area contributed by atoms with Crippen LogP contribution in [0.25, 0.3) is 0 Å². The van der Waals surface area contributed by atoms with E-state index in [0.717, 1.165) is 42.4 Å². The van der Waals surface area contributed by atoms with Crippen molar-refractivity contribution >= 4 is 5.78 Å². The first-order chi connectivity index (χ1) is 14.3. The van der Waals surface area contributed by atoms with Crippen molar-refractivity contribution in [2.75, 3.05) is 0 Å². The minimum Gasteiger partial charge on any atom is -0.299 e. The van der Waals surface area contributed by atoms with Crippen LogP contribution in [0.15, 0.2) is 0 Å². The Morgan fingerprint density at radius 3 is 2.13 bits per heavy atom. The van der Waals surface area contributed by atoms with Crippen LogP contribution in [0.2, 0.25) is 0 Å². The van der Waals surface area contributed by atoms with Crippen LogP contribution < -0.4 is 0 Å². The average molecular weight is 427 g/mol. The molecule has 0 heterocycles. The first kappa shape index (κ1) is 22.5. The van der Waals surface area contributed by atoms with E-state index in [4.69, 9.17) is 0 Å². The van der Waals surface area contributed by atoms with Crippen LogP contribution in [-0.2, 0) is 4.79 Å². The van der Waals surface area contributed by atoms with Gasteiger partial charge < -0.3 is 0 Å². The van der Waals surface area contributed by atoms with Crippen LogP contribution in [0.4, 0.5) is 0 Å². The quantitative estimate of drug-likeness (QED) is 0.380. The standard InChI is InChI=1S/C30H50O/c1-19-11-14-27(5)17-18-29(7)21(25(27)20(19)2)9-10-23-28(6)15-13-24(31)26(3,4)22(28)12-16-30(23,29)8/h19-23,25H,9-18H2,1-8H3/t19-,20+,21-,22+,23-,25+,27-,28+,29-,30-/m1/s1. The van der Waals surface area contributed by atoms with Gasteiger partial charge in [0.05, 0.1) is 0 Å². The number of carbonyl (C=O) groups excluding carboxylic acids is 1. The number of hydrogen-bond donors (Lipinski definition) is 0. The Morgan fingerprint density at radius 2 is 1.42 bits per heavy atom. The monoisotopic (exact) mass is 426 g/mol. The van der Waals surface area contributed by atoms with E-state index < -0.39 is 0 Å². The second kappa shape index (κ2) is 6.63. The van der Waals surface area contributed by atoms with Crippen LogP contribution in [0.1, 0.15) is 120 Å². The van der Waals surface area contributed by atoms with Crippen molar-refractivity contribution in [1.29, 1.82) is 0 Å². The topological polar surface area (TPSA) is 17.1 Å². The molecule has 0 spiro atoms. The highest BCUT2D eigenvalue weighted by Gasteiger charge is 2.69. The molecule has 0 N–H and O–H groups in total. The lowest BCUT2D eigenvalue weighted by Gasteiger charge is -2.73. The number of carbonyl (C=O) groups is 1. The van der Waals surface area contributed by atoms with Gasteiger partial charge in [0.2, 0.25) is 0 Å². The van der Waals surface area contributed by atoms with Gasteiger partial charge >= 0.3 is 0 Å². The Hall–Kier alpha value is -0.330. The van der Waals surface area contributed by atoms with Crippen LogP contribution in [-0.4, -0.2) is 5.78 Å². The summed E-state index contributed by atoms with van der Waals surface area (Å²) >= 11 is 0. The SMILES string of the molecule is C[C@@H]1[C@H]2[C@H]3CC[C@@H]4[C@@]5(C)CCC(=O)C(C)(C)[C@@H]5CC[C@@]4(C)[C@]3(C)CC[C@@]2(C)CC[C@H]1C. The van der Waals surface area contributed by atoms with Crippen molar-refractivity contribution in [3.63, 3.8) is 0 Å². The number of hydrogen-bond acceptors (Lipinski definition) is 1. The van der Waals surface area contributed by atoms with Crippen molar-refractivity contribution in [3.8, 4) is 0 Å². The van der Waals surface area contributed by atoms with E-state index in [1.807, 2.05) is 0 Å². The Kier molecular flexibility index (Phi) is 4.80. The maximum atomic E-state index is 12.9. The molecule has 0 saturated heterocycles. The molecule has 0 aromatic carbocycles. The predicted molar refractivity (Wildman–Crippen MR) is 130 cm³/mol. The van der Waals surface area contributed by atoms with Crippen molar-refractivity contribution < 1.29 is 4.79 Å². The first-order valence-electron chi connectivity index (χ1n) is 13.8. The molecule has 0 aromatic heterocycles. The minimum absolute atomic E-state index is 0.120. The third-order valence-electron chi connectivity index (χ3n) is 13.8. The summed E-state index contributed by atoms with van der Waals surface area (Å²) in [6.45, 7) is 20.5. The molecule has 0 radical (unpaired) electrons. The maximum absolute atomic E-state index is 12.9. The third kappa shape index (κ3) is 2.65. The van der Waals surface area contributed by atoms with Crippen LogP contribution in [0.5, 0.6) is 0 Å². The van der Waals surface area contributed by atoms with Crippen molar-refractivity contribution in [1.82, 2.24) is 0 Å². The molecule has 0 amide bonds. The summed E-state index contributed by atoms with van der Waals surface area (Å²) in [6.07, 6.45) is 13.3. The molecule has 176 valence electrons. The molecule has 5 fully saturated rings. The van der Waals surface area contributed by atoms with E-state index >= 15 is 0 Å². The van der Waals surface area contributed by atoms with E-state index in [1.165, 1.54) is 51.4 Å². The lowest BCUT2D eigenvalue weighted by molar-refractivity contribution is -0.244. The van der Waals surface area contributed by atoms with Gasteiger partial charge in [0, 0.05) is 11.8 Å². The normalized spacial score (nSPS) is 58.5. The summed E-state index contributed by atoms with van der Waals surface area (Å²) in [5, 5.41) is 0. The highest BCUT2D eigenvalue weighted by Crippen LogP contribution is 2.76. The van der Waals surface area contributed by atoms with Gasteiger partial charge in [0.1, 0.15) is 5.78 Å². The Balaban J connectivity index is 1.54. The molecule has 1 heteroatoms. The third-order valence-corrected chi connectivity index (χ3v) is 13.8. The zero-order valence-corrected chi connectivity index (χ0v) is 21.9. The average Bonchev–Trinajstić information content (AvgIpc) is 2.69. The van der Waals surface area contributed by atoms with Crippen molar-refractivity contribution in [2.45, 2.75) is 120 Å². The smallest absolute Gasteiger partial charge is 0.138 e. The fourth-order valence-electron chi connectivity index (χ4n) is 11.5. The number of Topliss-reactive ketones (excluding diaryl/α,β-unsaturated/α-hetero) is 1. The van der Waals surface area contributed by atoms with Gasteiger partial charge in [-0.25, -0.2) is 0 Å². The molecule has 0 bridgehead atoms. The minimum atomic E-state index is -0.120. The molecule has 5 saturated carbocycles. The molecular formula is C30H50O. The molecule has 10 atom stereocenters. The van der Waals surface area contributed by atoms with Gasteiger partial charge in [-0.15, -0.1) is 0 Å². The van der Waals surface area contributed by atoms with Gasteiger partial charge in [-0.05, 0) is 115 Å². The van der Waals surface area contributed by atoms with Crippen LogP contribution >= 0.6 is 0 Å². The molecule has 1 nitrogen and oxygen atoms in total. The van der Waals surface area contributed by atoms with Crippen LogP contribution in [0, 0.1) is 62.6 Å². The van der Waals surface area contributed by atoms with E-state index in [-0.39, 0.29) is 5.41 Å². The largest absolute Gasteiger partial charge is 0.299 e. The zero-order valence-electron chi connectivity index (χ0n) is 21.9. The van der Waals surface area contributed by atoms with E-state index in [0.29, 0.717) is 33.4 Å². The van der Waals surface area contributed by atoms with Gasteiger partial charge in [-0.1, -0.05) is 55.4 Å². The summed E-state index contributed by atoms with van der Waals surface area (Å²) in [7, 11) is 0. The second-order valence-corrected chi connectivity index (χ2v) is 14.9. The van der Waals surface area contributed by atoms with E-state index in [9.17, 15) is 4.79 Å². The maximum Gasteiger partial charge on any atom is 0.138 e. The van der Waals surface area contributed by atoms with Crippen molar-refractivity contribution in [3.05, 3.63) is 0 Å². The van der Waals surface area contributed by atoms with E-state index in [2.05, 4.69) is 55.4 Å². The first-order valence-corrected chi connectivity index (χ1v) is 13.8. The summed E-state index contributed by atoms with van der Waals surface area (Å²) in [5.41, 5.74) is 1.74. The lowest BCUT2D eigenvalue weighted by atomic mass is 9.31. The summed E-state index contributed by atoms with van der Waals surface area (Å²) in [6, 6.07) is 0. The Labute approximate surface area is 192 Å². The highest BCUT2D eigenvalue weighted by atomic mass is 16.1. The van der Waals surface area contributed by atoms with E-state index in [1.54, 1.807) is 0 Å². The molecule has 0 aliphatic heterocycles. The molecule has 5 aliphatic carbocycles. The van der Waals surface area contributed by atoms with Gasteiger partial charge in [0.25, 0.3) is 0 Å². The molecule has 5 aliphatic rings. The second-order valence-electron chi connectivity index (χ2n) is 14.9. The summed E-state index contributed by atoms with van der Waals surface area (Å²) in [5.74, 6) is 5.52. The van der Waals surface area contributed by atoms with Gasteiger partial charge in [-0.2, -0.15) is 0 Å². The zero-order chi connectivity index (χ0) is 22.6. The van der Waals surface area contributed by atoms with Gasteiger partial charge in [0.15, 0.2) is 0 Å². The fourth-order valence-corrected chi connectivity index (χ4v) is 11.5. The molecule has 5 rings (SSSR count). The number of rotatable bonds is 0. The summed E-state index contributed by atoms with van der Waals surface area (Å²) < 4.78 is 0. The van der Waals surface area contributed by atoms with Crippen molar-refractivity contribution in [2.24, 2.45) is 62.6 Å². The summed E-state index contributed by atoms with van der Waals surface area (Å²) in [4.78, 5) is 12.9. The molecule has 0 aromatic rings. The predicted octanol–water partition coefficient (Wildman–Crippen LogP) is 8.31. The molecule has 31 heavy (non-hydrogen) atoms.